The molecule has 14 nitrogen and oxygen atoms in total. The molecule has 0 saturated heterocycles. The summed E-state index contributed by atoms with van der Waals surface area (Å²) < 4.78 is 35.0. The number of urea groups is 2. The van der Waals surface area contributed by atoms with E-state index in [0.29, 0.717) is 34.0 Å². The van der Waals surface area contributed by atoms with E-state index in [1.807, 2.05) is 133 Å². The molecule has 2 N–H and O–H groups in total. The van der Waals surface area contributed by atoms with Gasteiger partial charge in [-0.25, -0.2) is 19.2 Å². The lowest BCUT2D eigenvalue weighted by Crippen LogP contribution is -2.48. The summed E-state index contributed by atoms with van der Waals surface area (Å²) in [5.74, 6) is -0.364. The first-order chi connectivity index (χ1) is 33.2. The van der Waals surface area contributed by atoms with Gasteiger partial charge in [-0.2, -0.15) is 0 Å². The quantitative estimate of drug-likeness (QED) is 0.0595. The Morgan fingerprint density at radius 1 is 0.485 bits per heavy atom. The van der Waals surface area contributed by atoms with E-state index >= 15 is 0 Å². The summed E-state index contributed by atoms with van der Waals surface area (Å²) in [4.78, 5) is 59.5. The first-order valence-electron chi connectivity index (χ1n) is 22.4. The van der Waals surface area contributed by atoms with Crippen molar-refractivity contribution in [3.05, 3.63) is 178 Å². The lowest BCUT2D eigenvalue weighted by Gasteiger charge is -2.36. The molecule has 6 aromatic carbocycles. The number of nitrogens with zero attached hydrogens (tertiary/aromatic N) is 2. The normalized spacial score (nSPS) is 16.2. The molecule has 8 rings (SSSR count). The summed E-state index contributed by atoms with van der Waals surface area (Å²) in [6, 6.07) is 39.2. The fourth-order valence-corrected chi connectivity index (χ4v) is 8.73. The van der Waals surface area contributed by atoms with Crippen molar-refractivity contribution in [2.45, 2.75) is 39.0 Å². The largest absolute Gasteiger partial charge is 0.490 e. The van der Waals surface area contributed by atoms with Gasteiger partial charge in [0.05, 0.1) is 49.5 Å². The third-order valence-corrected chi connectivity index (χ3v) is 12.1. The van der Waals surface area contributed by atoms with Crippen LogP contribution >= 0.6 is 0 Å². The number of hydrogen-bond acceptors (Lipinski definition) is 10. The molecule has 2 atom stereocenters. The van der Waals surface area contributed by atoms with Gasteiger partial charge in [0.2, 0.25) is 0 Å². The van der Waals surface area contributed by atoms with Gasteiger partial charge in [-0.1, -0.05) is 121 Å². The summed E-state index contributed by atoms with van der Waals surface area (Å²) in [5.41, 5.74) is 4.32. The SMILES string of the molecule is COCCOC(=O)C1=C(C)N(Cc2ccccc2)C(=O)NC1c1c(OCCOc2ccc3ccccc3c2C2NC(=O)N(Cc3ccccc3)C(C)=C2C(=O)OCCOC)ccc2ccccc12. The Morgan fingerprint density at radius 2 is 0.868 bits per heavy atom. The highest BCUT2D eigenvalue weighted by atomic mass is 16.6. The topological polar surface area (TPSA) is 154 Å². The third-order valence-electron chi connectivity index (χ3n) is 12.1. The number of allylic oxidation sites excluding steroid dienone is 2. The highest BCUT2D eigenvalue weighted by Gasteiger charge is 2.40. The summed E-state index contributed by atoms with van der Waals surface area (Å²) in [5, 5.41) is 9.50. The fraction of sp³-hybridized carbons (Fsp3) is 0.259. The van der Waals surface area contributed by atoms with Crippen LogP contribution in [0.1, 0.15) is 48.2 Å². The zero-order chi connectivity index (χ0) is 47.6. The van der Waals surface area contributed by atoms with Gasteiger partial charge in [0.25, 0.3) is 0 Å². The molecule has 4 amide bonds. The lowest BCUT2D eigenvalue weighted by molar-refractivity contribution is -0.141. The van der Waals surface area contributed by atoms with Crippen LogP contribution in [0.3, 0.4) is 0 Å². The van der Waals surface area contributed by atoms with Gasteiger partial charge in [0.15, 0.2) is 0 Å². The van der Waals surface area contributed by atoms with Gasteiger partial charge in [0, 0.05) is 36.7 Å². The predicted molar refractivity (Wildman–Crippen MR) is 256 cm³/mol. The van der Waals surface area contributed by atoms with Crippen LogP contribution in [-0.4, -0.2) is 87.7 Å². The second kappa shape index (κ2) is 21.7. The summed E-state index contributed by atoms with van der Waals surface area (Å²) in [6.45, 7) is 4.43. The minimum absolute atomic E-state index is 0.0147. The second-order valence-corrected chi connectivity index (χ2v) is 16.3. The Hall–Kier alpha value is -7.68. The summed E-state index contributed by atoms with van der Waals surface area (Å²) in [6.07, 6.45) is 0. The molecular formula is C54H54N4O10. The minimum atomic E-state index is -0.952. The van der Waals surface area contributed by atoms with E-state index in [1.165, 1.54) is 24.0 Å². The van der Waals surface area contributed by atoms with Crippen molar-refractivity contribution >= 4 is 45.5 Å². The van der Waals surface area contributed by atoms with E-state index in [2.05, 4.69) is 10.6 Å². The molecule has 0 saturated carbocycles. The number of esters is 2. The van der Waals surface area contributed by atoms with Crippen LogP contribution < -0.4 is 20.1 Å². The van der Waals surface area contributed by atoms with Gasteiger partial charge in [-0.3, -0.25) is 9.80 Å². The number of carbonyl (C=O) groups excluding carboxylic acids is 4. The molecule has 0 radical (unpaired) electrons. The molecule has 2 unspecified atom stereocenters. The van der Waals surface area contributed by atoms with Crippen molar-refractivity contribution in [3.8, 4) is 11.5 Å². The van der Waals surface area contributed by atoms with E-state index in [1.54, 1.807) is 13.8 Å². The molecule has 0 bridgehead atoms. The monoisotopic (exact) mass is 918 g/mol. The van der Waals surface area contributed by atoms with Crippen LogP contribution in [0.5, 0.6) is 11.5 Å². The maximum Gasteiger partial charge on any atom is 0.338 e. The van der Waals surface area contributed by atoms with Gasteiger partial charge < -0.3 is 39.1 Å². The fourth-order valence-electron chi connectivity index (χ4n) is 8.73. The highest BCUT2D eigenvalue weighted by molar-refractivity contribution is 5.99. The van der Waals surface area contributed by atoms with Crippen molar-refractivity contribution in [1.29, 1.82) is 0 Å². The van der Waals surface area contributed by atoms with Crippen LogP contribution in [-0.2, 0) is 41.6 Å². The third kappa shape index (κ3) is 10.2. The maximum absolute atomic E-state index is 14.1. The van der Waals surface area contributed by atoms with Crippen LogP contribution in [0.2, 0.25) is 0 Å². The second-order valence-electron chi connectivity index (χ2n) is 16.3. The molecule has 2 aliphatic heterocycles. The van der Waals surface area contributed by atoms with Crippen LogP contribution in [0.25, 0.3) is 21.5 Å². The molecular weight excluding hydrogens is 865 g/mol. The van der Waals surface area contributed by atoms with Gasteiger partial charge in [-0.05, 0) is 58.7 Å². The average molecular weight is 919 g/mol. The standard InChI is InChI=1S/C54H54N4O10/c1-35-45(51(59)67-29-27-63-3)49(55-53(61)57(35)33-37-15-7-5-8-16-37)47-41-21-13-11-19-39(41)23-25-43(47)65-31-32-66-44-26-24-40-20-12-14-22-42(40)48(44)50-46(52(60)68-30-28-64-4)36(2)58(54(62)56-50)34-38-17-9-6-10-18-38/h5-26,49-50H,27-34H2,1-4H3,(H,55,61)(H,56,62). The van der Waals surface area contributed by atoms with Crippen molar-refractivity contribution in [1.82, 2.24) is 20.4 Å². The Balaban J connectivity index is 1.12. The van der Waals surface area contributed by atoms with Gasteiger partial charge in [-0.15, -0.1) is 0 Å². The molecule has 350 valence electrons. The van der Waals surface area contributed by atoms with Gasteiger partial charge in [0.1, 0.15) is 37.9 Å². The van der Waals surface area contributed by atoms with Crippen molar-refractivity contribution in [3.63, 3.8) is 0 Å². The molecule has 0 aliphatic carbocycles. The first-order valence-corrected chi connectivity index (χ1v) is 22.4. The first kappa shape index (κ1) is 46.8. The number of amides is 4. The molecule has 0 fully saturated rings. The molecule has 14 heteroatoms. The van der Waals surface area contributed by atoms with E-state index in [9.17, 15) is 19.2 Å². The molecule has 2 heterocycles. The Morgan fingerprint density at radius 3 is 1.26 bits per heavy atom. The van der Waals surface area contributed by atoms with E-state index in [4.69, 9.17) is 28.4 Å². The molecule has 68 heavy (non-hydrogen) atoms. The summed E-state index contributed by atoms with van der Waals surface area (Å²) in [7, 11) is 3.05. The number of fused-ring (bicyclic) bond motifs is 2. The Bertz CT molecular complexity index is 2670. The minimum Gasteiger partial charge on any atom is -0.490 e. The van der Waals surface area contributed by atoms with Gasteiger partial charge >= 0.3 is 24.0 Å². The highest BCUT2D eigenvalue weighted by Crippen LogP contribution is 2.43. The average Bonchev–Trinajstić information content (AvgIpc) is 3.35. The number of nitrogens with one attached hydrogen (secondary N) is 2. The molecule has 0 spiro atoms. The summed E-state index contributed by atoms with van der Waals surface area (Å²) >= 11 is 0. The van der Waals surface area contributed by atoms with Crippen molar-refractivity contribution in [2.24, 2.45) is 0 Å². The van der Waals surface area contributed by atoms with E-state index in [0.717, 1.165) is 32.7 Å². The Kier molecular flexibility index (Phi) is 15.0. The number of methoxy groups -OCH3 is 2. The molecule has 0 aromatic heterocycles. The maximum atomic E-state index is 14.1. The Labute approximate surface area is 395 Å². The van der Waals surface area contributed by atoms with E-state index < -0.39 is 24.0 Å². The number of ether oxygens (including phenoxy) is 6. The zero-order valence-corrected chi connectivity index (χ0v) is 38.5. The van der Waals surface area contributed by atoms with Crippen LogP contribution in [0.4, 0.5) is 9.59 Å². The smallest absolute Gasteiger partial charge is 0.338 e. The number of hydrogen-bond donors (Lipinski definition) is 2. The molecule has 2 aliphatic rings. The zero-order valence-electron chi connectivity index (χ0n) is 38.5. The van der Waals surface area contributed by atoms with Crippen LogP contribution in [0.15, 0.2) is 156 Å². The van der Waals surface area contributed by atoms with E-state index in [-0.39, 0.29) is 75.9 Å². The predicted octanol–water partition coefficient (Wildman–Crippen LogP) is 8.91. The number of rotatable bonds is 19. The number of carbonyl (C=O) groups is 4. The number of benzene rings is 6. The molecule has 6 aromatic rings. The van der Waals surface area contributed by atoms with Crippen molar-refractivity contribution in [2.75, 3.05) is 53.9 Å². The lowest BCUT2D eigenvalue weighted by atomic mass is 9.90. The van der Waals surface area contributed by atoms with Crippen LogP contribution in [0, 0.1) is 0 Å². The van der Waals surface area contributed by atoms with Crippen molar-refractivity contribution < 1.29 is 47.6 Å².